The van der Waals surface area contributed by atoms with E-state index in [-0.39, 0.29) is 0 Å². The van der Waals surface area contributed by atoms with Crippen molar-refractivity contribution in [2.75, 3.05) is 32.0 Å². The van der Waals surface area contributed by atoms with Crippen molar-refractivity contribution in [2.24, 2.45) is 0 Å². The lowest BCUT2D eigenvalue weighted by atomic mass is 10.1. The Morgan fingerprint density at radius 3 is 2.68 bits per heavy atom. The fourth-order valence-corrected chi connectivity index (χ4v) is 2.57. The zero-order valence-corrected chi connectivity index (χ0v) is 12.0. The third-order valence-corrected chi connectivity index (χ3v) is 3.70. The number of hydrogen-bond acceptors (Lipinski definition) is 3. The second-order valence-electron chi connectivity index (χ2n) is 5.37. The molecule has 1 heterocycles. The predicted molar refractivity (Wildman–Crippen MR) is 80.6 cm³/mol. The Bertz CT molecular complexity index is 386. The van der Waals surface area contributed by atoms with Gasteiger partial charge in [0.1, 0.15) is 5.75 Å². The van der Waals surface area contributed by atoms with E-state index in [0.29, 0.717) is 0 Å². The van der Waals surface area contributed by atoms with Crippen molar-refractivity contribution < 1.29 is 4.74 Å². The lowest BCUT2D eigenvalue weighted by Crippen LogP contribution is -2.31. The Hall–Kier alpha value is -1.22. The first kappa shape index (κ1) is 14.2. The van der Waals surface area contributed by atoms with Crippen LogP contribution in [0.1, 0.15) is 38.2 Å². The molecule has 106 valence electrons. The molecule has 1 aromatic carbocycles. The molecule has 3 heteroatoms. The number of nitrogen functional groups attached to an aromatic ring is 1. The average Bonchev–Trinajstić information content (AvgIpc) is 2.45. The molecule has 2 N–H and O–H groups in total. The van der Waals surface area contributed by atoms with E-state index in [1.165, 1.54) is 37.9 Å². The summed E-state index contributed by atoms with van der Waals surface area (Å²) < 4.78 is 5.60. The molecule has 0 unspecified atom stereocenters. The molecule has 1 saturated heterocycles. The van der Waals surface area contributed by atoms with Crippen LogP contribution in [-0.4, -0.2) is 31.1 Å². The number of nitrogens with two attached hydrogens (primary N) is 1. The Balaban J connectivity index is 1.84. The number of nitrogens with zero attached hydrogens (tertiary/aromatic N) is 1. The van der Waals surface area contributed by atoms with Crippen molar-refractivity contribution in [1.29, 1.82) is 0 Å². The SMILES string of the molecule is CCCOc1ccc(CCN2CCCCC2)cc1N. The van der Waals surface area contributed by atoms with Gasteiger partial charge in [-0.25, -0.2) is 0 Å². The summed E-state index contributed by atoms with van der Waals surface area (Å²) in [6.45, 7) is 6.50. The van der Waals surface area contributed by atoms with Crippen LogP contribution in [-0.2, 0) is 6.42 Å². The Labute approximate surface area is 116 Å². The van der Waals surface area contributed by atoms with Crippen molar-refractivity contribution in [3.05, 3.63) is 23.8 Å². The first-order valence-corrected chi connectivity index (χ1v) is 7.53. The molecular formula is C16H26N2O. The van der Waals surface area contributed by atoms with E-state index in [0.717, 1.165) is 37.4 Å². The lowest BCUT2D eigenvalue weighted by molar-refractivity contribution is 0.231. The summed E-state index contributed by atoms with van der Waals surface area (Å²) in [5.74, 6) is 0.823. The van der Waals surface area contributed by atoms with Gasteiger partial charge in [-0.2, -0.15) is 0 Å². The summed E-state index contributed by atoms with van der Waals surface area (Å²) in [7, 11) is 0. The van der Waals surface area contributed by atoms with Gasteiger partial charge >= 0.3 is 0 Å². The van der Waals surface area contributed by atoms with E-state index in [1.54, 1.807) is 0 Å². The molecule has 0 bridgehead atoms. The first-order valence-electron chi connectivity index (χ1n) is 7.53. The van der Waals surface area contributed by atoms with Crippen molar-refractivity contribution in [3.8, 4) is 5.75 Å². The van der Waals surface area contributed by atoms with E-state index < -0.39 is 0 Å². The van der Waals surface area contributed by atoms with Crippen molar-refractivity contribution in [1.82, 2.24) is 4.90 Å². The van der Waals surface area contributed by atoms with E-state index in [9.17, 15) is 0 Å². The first-order chi connectivity index (χ1) is 9.29. The summed E-state index contributed by atoms with van der Waals surface area (Å²) in [5.41, 5.74) is 8.11. The summed E-state index contributed by atoms with van der Waals surface area (Å²) in [4.78, 5) is 2.56. The van der Waals surface area contributed by atoms with Gasteiger partial charge in [-0.3, -0.25) is 0 Å². The third-order valence-electron chi connectivity index (χ3n) is 3.70. The second-order valence-corrected chi connectivity index (χ2v) is 5.37. The van der Waals surface area contributed by atoms with Gasteiger partial charge in [0.05, 0.1) is 12.3 Å². The molecule has 2 rings (SSSR count). The van der Waals surface area contributed by atoms with Crippen molar-refractivity contribution in [2.45, 2.75) is 39.0 Å². The average molecular weight is 262 g/mol. The van der Waals surface area contributed by atoms with Crippen molar-refractivity contribution >= 4 is 5.69 Å². The number of anilines is 1. The minimum Gasteiger partial charge on any atom is -0.491 e. The molecule has 1 aromatic rings. The Kier molecular flexibility index (Phi) is 5.52. The van der Waals surface area contributed by atoms with Gasteiger partial charge in [0, 0.05) is 6.54 Å². The van der Waals surface area contributed by atoms with Gasteiger partial charge in [-0.1, -0.05) is 19.4 Å². The number of likely N-dealkylation sites (tertiary alicyclic amines) is 1. The monoisotopic (exact) mass is 262 g/mol. The highest BCUT2D eigenvalue weighted by Gasteiger charge is 2.10. The molecule has 0 aliphatic carbocycles. The van der Waals surface area contributed by atoms with E-state index in [2.05, 4.69) is 24.0 Å². The van der Waals surface area contributed by atoms with Crippen LogP contribution in [0.3, 0.4) is 0 Å². The molecule has 1 fully saturated rings. The molecule has 0 spiro atoms. The zero-order chi connectivity index (χ0) is 13.5. The van der Waals surface area contributed by atoms with Gasteiger partial charge in [0.2, 0.25) is 0 Å². The third kappa shape index (κ3) is 4.43. The van der Waals surface area contributed by atoms with Crippen LogP contribution in [0.5, 0.6) is 5.75 Å². The van der Waals surface area contributed by atoms with E-state index in [4.69, 9.17) is 10.5 Å². The highest BCUT2D eigenvalue weighted by molar-refractivity contribution is 5.54. The number of rotatable bonds is 6. The van der Waals surface area contributed by atoms with Gasteiger partial charge in [0.15, 0.2) is 0 Å². The lowest BCUT2D eigenvalue weighted by Gasteiger charge is -2.26. The van der Waals surface area contributed by atoms with Crippen LogP contribution in [0, 0.1) is 0 Å². The number of piperidine rings is 1. The minimum absolute atomic E-state index is 0.733. The normalized spacial score (nSPS) is 16.5. The molecule has 19 heavy (non-hydrogen) atoms. The maximum absolute atomic E-state index is 6.03. The predicted octanol–water partition coefficient (Wildman–Crippen LogP) is 3.09. The van der Waals surface area contributed by atoms with Gasteiger partial charge < -0.3 is 15.4 Å². The van der Waals surface area contributed by atoms with Crippen LogP contribution in [0.15, 0.2) is 18.2 Å². The van der Waals surface area contributed by atoms with Crippen molar-refractivity contribution in [3.63, 3.8) is 0 Å². The molecule has 1 aliphatic heterocycles. The molecular weight excluding hydrogens is 236 g/mol. The van der Waals surface area contributed by atoms with Crippen LogP contribution in [0.4, 0.5) is 5.69 Å². The molecule has 1 aliphatic rings. The van der Waals surface area contributed by atoms with Gasteiger partial charge in [0.25, 0.3) is 0 Å². The fourth-order valence-electron chi connectivity index (χ4n) is 2.57. The van der Waals surface area contributed by atoms with E-state index >= 15 is 0 Å². The second kappa shape index (κ2) is 7.39. The number of ether oxygens (including phenoxy) is 1. The smallest absolute Gasteiger partial charge is 0.142 e. The molecule has 3 nitrogen and oxygen atoms in total. The number of benzene rings is 1. The standard InChI is InChI=1S/C16H26N2O/c1-2-12-19-16-7-6-14(13-15(16)17)8-11-18-9-4-3-5-10-18/h6-7,13H,2-5,8-12,17H2,1H3. The molecule has 0 amide bonds. The fraction of sp³-hybridized carbons (Fsp3) is 0.625. The molecule has 0 aromatic heterocycles. The molecule has 0 radical (unpaired) electrons. The summed E-state index contributed by atoms with van der Waals surface area (Å²) in [6, 6.07) is 6.22. The highest BCUT2D eigenvalue weighted by Crippen LogP contribution is 2.23. The largest absolute Gasteiger partial charge is 0.491 e. The minimum atomic E-state index is 0.733. The van der Waals surface area contributed by atoms with Crippen LogP contribution < -0.4 is 10.5 Å². The Morgan fingerprint density at radius 2 is 2.00 bits per heavy atom. The molecule has 0 atom stereocenters. The summed E-state index contributed by atoms with van der Waals surface area (Å²) in [5, 5.41) is 0. The topological polar surface area (TPSA) is 38.5 Å². The zero-order valence-electron chi connectivity index (χ0n) is 12.0. The maximum Gasteiger partial charge on any atom is 0.142 e. The van der Waals surface area contributed by atoms with Gasteiger partial charge in [-0.05, 0) is 56.5 Å². The molecule has 0 saturated carbocycles. The quantitative estimate of drug-likeness (QED) is 0.801. The summed E-state index contributed by atoms with van der Waals surface area (Å²) in [6.07, 6.45) is 6.19. The number of hydrogen-bond donors (Lipinski definition) is 1. The highest BCUT2D eigenvalue weighted by atomic mass is 16.5. The van der Waals surface area contributed by atoms with Gasteiger partial charge in [-0.15, -0.1) is 0 Å². The summed E-state index contributed by atoms with van der Waals surface area (Å²) >= 11 is 0. The van der Waals surface area contributed by atoms with Crippen LogP contribution in [0.2, 0.25) is 0 Å². The maximum atomic E-state index is 6.03. The van der Waals surface area contributed by atoms with E-state index in [1.807, 2.05) is 6.07 Å². The Morgan fingerprint density at radius 1 is 1.21 bits per heavy atom. The van der Waals surface area contributed by atoms with Crippen LogP contribution >= 0.6 is 0 Å². The van der Waals surface area contributed by atoms with Crippen LogP contribution in [0.25, 0.3) is 0 Å².